The van der Waals surface area contributed by atoms with Crippen molar-refractivity contribution in [1.82, 2.24) is 30.8 Å². The molecule has 1 saturated carbocycles. The zero-order valence-electron chi connectivity index (χ0n) is 13.0. The molecule has 1 spiro atoms. The van der Waals surface area contributed by atoms with E-state index in [0.717, 1.165) is 43.3 Å². The number of aryl methyl sites for hydroxylation is 1. The van der Waals surface area contributed by atoms with Gasteiger partial charge in [0.1, 0.15) is 0 Å². The molecule has 22 heavy (non-hydrogen) atoms. The van der Waals surface area contributed by atoms with Crippen molar-refractivity contribution in [2.75, 3.05) is 25.4 Å². The molecule has 3 rings (SSSR count). The third-order valence-electron chi connectivity index (χ3n) is 5.00. The fraction of sp³-hybridized carbons (Fsp3) is 0.846. The van der Waals surface area contributed by atoms with E-state index < -0.39 is 0 Å². The minimum atomic E-state index is -0.161. The predicted molar refractivity (Wildman–Crippen MR) is 87.0 cm³/mol. The first kappa shape index (κ1) is 17.5. The van der Waals surface area contributed by atoms with E-state index in [0.29, 0.717) is 6.54 Å². The zero-order chi connectivity index (χ0) is 14.9. The van der Waals surface area contributed by atoms with Gasteiger partial charge in [-0.05, 0) is 48.2 Å². The molecule has 2 fully saturated rings. The average Bonchev–Trinajstić information content (AvgIpc) is 2.84. The Kier molecular flexibility index (Phi) is 5.34. The number of hydrogen-bond donors (Lipinski definition) is 2. The van der Waals surface area contributed by atoms with Crippen LogP contribution in [0.2, 0.25) is 0 Å². The largest absolute Gasteiger partial charge is 0.355 e. The molecule has 1 aliphatic carbocycles. The fourth-order valence-corrected chi connectivity index (χ4v) is 4.14. The third kappa shape index (κ3) is 3.09. The van der Waals surface area contributed by atoms with Gasteiger partial charge in [-0.3, -0.25) is 4.79 Å². The van der Waals surface area contributed by atoms with Crippen molar-refractivity contribution in [3.8, 4) is 0 Å². The standard InChI is InChI=1S/C13H22N6OS.ClH/c1-12(9-13(12)3-5-14-6-4-13)10(20)15-7-8-21-11-16-17-18-19(11)2;/h14H,3-9H2,1-2H3,(H,15,20);1H. The third-order valence-corrected chi connectivity index (χ3v) is 6.01. The van der Waals surface area contributed by atoms with Crippen LogP contribution in [0.5, 0.6) is 0 Å². The summed E-state index contributed by atoms with van der Waals surface area (Å²) in [5.41, 5.74) is 0.0924. The second-order valence-electron chi connectivity index (χ2n) is 6.23. The number of piperidine rings is 1. The Labute approximate surface area is 140 Å². The number of rotatable bonds is 5. The van der Waals surface area contributed by atoms with Crippen molar-refractivity contribution in [2.24, 2.45) is 17.9 Å². The van der Waals surface area contributed by atoms with Crippen LogP contribution in [0.1, 0.15) is 26.2 Å². The van der Waals surface area contributed by atoms with Crippen molar-refractivity contribution in [3.63, 3.8) is 0 Å². The molecule has 2 aliphatic rings. The van der Waals surface area contributed by atoms with E-state index in [1.54, 1.807) is 16.4 Å². The molecule has 7 nitrogen and oxygen atoms in total. The molecule has 1 saturated heterocycles. The van der Waals surface area contributed by atoms with Crippen LogP contribution in [0, 0.1) is 10.8 Å². The molecule has 1 amide bonds. The second kappa shape index (κ2) is 6.72. The molecular formula is C13H23ClN6OS. The first-order valence-electron chi connectivity index (χ1n) is 7.42. The van der Waals surface area contributed by atoms with E-state index in [9.17, 15) is 4.79 Å². The summed E-state index contributed by atoms with van der Waals surface area (Å²) in [4.78, 5) is 12.4. The van der Waals surface area contributed by atoms with Gasteiger partial charge in [-0.1, -0.05) is 18.7 Å². The van der Waals surface area contributed by atoms with Gasteiger partial charge in [-0.2, -0.15) is 0 Å². The summed E-state index contributed by atoms with van der Waals surface area (Å²) in [6.07, 6.45) is 3.28. The lowest BCUT2D eigenvalue weighted by Crippen LogP contribution is -2.39. The first-order valence-corrected chi connectivity index (χ1v) is 8.40. The molecule has 1 atom stereocenters. The summed E-state index contributed by atoms with van der Waals surface area (Å²) in [6.45, 7) is 4.85. The van der Waals surface area contributed by atoms with Crippen LogP contribution in [0.3, 0.4) is 0 Å². The van der Waals surface area contributed by atoms with Crippen molar-refractivity contribution >= 4 is 30.1 Å². The lowest BCUT2D eigenvalue weighted by atomic mass is 9.85. The quantitative estimate of drug-likeness (QED) is 0.600. The van der Waals surface area contributed by atoms with E-state index in [2.05, 4.69) is 33.1 Å². The normalized spacial score (nSPS) is 25.5. The Morgan fingerprint density at radius 2 is 2.18 bits per heavy atom. The zero-order valence-corrected chi connectivity index (χ0v) is 14.6. The predicted octanol–water partition coefficient (Wildman–Crippen LogP) is 0.620. The van der Waals surface area contributed by atoms with Gasteiger partial charge in [0.05, 0.1) is 5.41 Å². The average molecular weight is 347 g/mol. The molecule has 0 bridgehead atoms. The summed E-state index contributed by atoms with van der Waals surface area (Å²) >= 11 is 1.56. The molecule has 0 radical (unpaired) electrons. The number of aromatic nitrogens is 4. The van der Waals surface area contributed by atoms with Crippen LogP contribution in [0.25, 0.3) is 0 Å². The van der Waals surface area contributed by atoms with Crippen LogP contribution in [-0.4, -0.2) is 51.5 Å². The number of hydrogen-bond acceptors (Lipinski definition) is 6. The van der Waals surface area contributed by atoms with E-state index in [-0.39, 0.29) is 29.1 Å². The molecular weight excluding hydrogens is 324 g/mol. The van der Waals surface area contributed by atoms with Gasteiger partial charge in [-0.15, -0.1) is 17.5 Å². The summed E-state index contributed by atoms with van der Waals surface area (Å²) < 4.78 is 1.64. The minimum absolute atomic E-state index is 0. The van der Waals surface area contributed by atoms with Crippen LogP contribution in [-0.2, 0) is 11.8 Å². The van der Waals surface area contributed by atoms with Crippen molar-refractivity contribution in [3.05, 3.63) is 0 Å². The van der Waals surface area contributed by atoms with Gasteiger partial charge in [0.15, 0.2) is 0 Å². The second-order valence-corrected chi connectivity index (χ2v) is 7.29. The highest BCUT2D eigenvalue weighted by molar-refractivity contribution is 7.99. The van der Waals surface area contributed by atoms with Gasteiger partial charge >= 0.3 is 0 Å². The van der Waals surface area contributed by atoms with Crippen LogP contribution in [0.15, 0.2) is 5.16 Å². The SMILES string of the molecule is Cl.Cn1nnnc1SCCNC(=O)C1(C)CC12CCNCC2. The molecule has 0 aromatic carbocycles. The maximum Gasteiger partial charge on any atom is 0.226 e. The maximum absolute atomic E-state index is 12.4. The Hall–Kier alpha value is -0.860. The lowest BCUT2D eigenvalue weighted by molar-refractivity contribution is -0.127. The molecule has 1 unspecified atom stereocenters. The smallest absolute Gasteiger partial charge is 0.226 e. The number of carbonyl (C=O) groups is 1. The van der Waals surface area contributed by atoms with Gasteiger partial charge in [0.2, 0.25) is 11.1 Å². The topological polar surface area (TPSA) is 84.7 Å². The van der Waals surface area contributed by atoms with E-state index in [1.165, 1.54) is 0 Å². The Bertz CT molecular complexity index is 532. The Morgan fingerprint density at radius 3 is 2.82 bits per heavy atom. The van der Waals surface area contributed by atoms with Crippen molar-refractivity contribution in [2.45, 2.75) is 31.3 Å². The van der Waals surface area contributed by atoms with Gasteiger partial charge in [0, 0.05) is 19.3 Å². The molecule has 2 heterocycles. The highest BCUT2D eigenvalue weighted by Crippen LogP contribution is 2.68. The number of amides is 1. The van der Waals surface area contributed by atoms with Gasteiger partial charge < -0.3 is 10.6 Å². The molecule has 1 aromatic rings. The summed E-state index contributed by atoms with van der Waals surface area (Å²) in [7, 11) is 1.81. The molecule has 1 aliphatic heterocycles. The Morgan fingerprint density at radius 1 is 1.45 bits per heavy atom. The highest BCUT2D eigenvalue weighted by Gasteiger charge is 2.67. The maximum atomic E-state index is 12.4. The van der Waals surface area contributed by atoms with Crippen LogP contribution >= 0.6 is 24.2 Å². The highest BCUT2D eigenvalue weighted by atomic mass is 35.5. The summed E-state index contributed by atoms with van der Waals surface area (Å²) in [5, 5.41) is 18.5. The number of halogens is 1. The fourth-order valence-electron chi connectivity index (χ4n) is 3.43. The first-order chi connectivity index (χ1) is 10.1. The molecule has 2 N–H and O–H groups in total. The summed E-state index contributed by atoms with van der Waals surface area (Å²) in [6, 6.07) is 0. The van der Waals surface area contributed by atoms with Crippen LogP contribution in [0.4, 0.5) is 0 Å². The lowest BCUT2D eigenvalue weighted by Gasteiger charge is -2.27. The molecule has 124 valence electrons. The van der Waals surface area contributed by atoms with Crippen LogP contribution < -0.4 is 10.6 Å². The van der Waals surface area contributed by atoms with E-state index in [4.69, 9.17) is 0 Å². The number of nitrogens with one attached hydrogen (secondary N) is 2. The Balaban J connectivity index is 0.00000176. The number of tetrazole rings is 1. The van der Waals surface area contributed by atoms with Gasteiger partial charge in [0.25, 0.3) is 0 Å². The number of carbonyl (C=O) groups excluding carboxylic acids is 1. The number of nitrogens with zero attached hydrogens (tertiary/aromatic N) is 4. The van der Waals surface area contributed by atoms with E-state index in [1.807, 2.05) is 7.05 Å². The monoisotopic (exact) mass is 346 g/mol. The van der Waals surface area contributed by atoms with E-state index >= 15 is 0 Å². The summed E-state index contributed by atoms with van der Waals surface area (Å²) in [5.74, 6) is 0.992. The number of thioether (sulfide) groups is 1. The molecule has 1 aromatic heterocycles. The van der Waals surface area contributed by atoms with Gasteiger partial charge in [-0.25, -0.2) is 4.68 Å². The van der Waals surface area contributed by atoms with Crippen molar-refractivity contribution < 1.29 is 4.79 Å². The van der Waals surface area contributed by atoms with Crippen molar-refractivity contribution in [1.29, 1.82) is 0 Å². The molecule has 9 heteroatoms. The minimum Gasteiger partial charge on any atom is -0.355 e.